The highest BCUT2D eigenvalue weighted by molar-refractivity contribution is 5.73. The molecule has 0 unspecified atom stereocenters. The lowest BCUT2D eigenvalue weighted by atomic mass is 9.86. The molecule has 6 heteroatoms. The van der Waals surface area contributed by atoms with Gasteiger partial charge in [0.25, 0.3) is 0 Å². The quantitative estimate of drug-likeness (QED) is 0.554. The molecule has 0 aromatic heterocycles. The summed E-state index contributed by atoms with van der Waals surface area (Å²) < 4.78 is 5.29. The summed E-state index contributed by atoms with van der Waals surface area (Å²) in [5.74, 6) is 1.70. The van der Waals surface area contributed by atoms with Gasteiger partial charge in [-0.15, -0.1) is 12.3 Å². The molecule has 0 bridgehead atoms. The Morgan fingerprint density at radius 1 is 1.36 bits per heavy atom. The summed E-state index contributed by atoms with van der Waals surface area (Å²) in [4.78, 5) is 24.5. The molecule has 1 aliphatic rings. The molecule has 6 nitrogen and oxygen atoms in total. The predicted octanol–water partition coefficient (Wildman–Crippen LogP) is 1.84. The first-order valence-corrected chi connectivity index (χ1v) is 7.56. The second-order valence-corrected chi connectivity index (χ2v) is 6.78. The van der Waals surface area contributed by atoms with Crippen molar-refractivity contribution in [3.8, 4) is 12.3 Å². The highest BCUT2D eigenvalue weighted by Gasteiger charge is 2.47. The number of rotatable bonds is 7. The first kappa shape index (κ1) is 18.3. The zero-order valence-electron chi connectivity index (χ0n) is 13.6. The molecule has 0 spiro atoms. The van der Waals surface area contributed by atoms with E-state index in [1.165, 1.54) is 4.90 Å². The Bertz CT molecular complexity index is 442. The van der Waals surface area contributed by atoms with Gasteiger partial charge in [0.1, 0.15) is 5.60 Å². The van der Waals surface area contributed by atoms with E-state index in [-0.39, 0.29) is 6.42 Å². The molecule has 2 N–H and O–H groups in total. The number of nitrogens with one attached hydrogen (secondary N) is 1. The number of ether oxygens (including phenoxy) is 1. The molecule has 1 rings (SSSR count). The lowest BCUT2D eigenvalue weighted by Crippen LogP contribution is -2.71. The van der Waals surface area contributed by atoms with Crippen molar-refractivity contribution in [1.29, 1.82) is 0 Å². The number of unbranched alkanes of at least 4 members (excludes halogenated alkanes) is 2. The Balaban J connectivity index is 2.47. The van der Waals surface area contributed by atoms with E-state index in [0.717, 1.165) is 19.3 Å². The van der Waals surface area contributed by atoms with Gasteiger partial charge in [-0.05, 0) is 40.2 Å². The summed E-state index contributed by atoms with van der Waals surface area (Å²) in [5.41, 5.74) is -1.11. The van der Waals surface area contributed by atoms with Crippen LogP contribution >= 0.6 is 0 Å². The van der Waals surface area contributed by atoms with Crippen molar-refractivity contribution in [2.45, 2.75) is 57.6 Å². The number of carbonyl (C=O) groups is 2. The molecular weight excluding hydrogens is 284 g/mol. The third-order valence-corrected chi connectivity index (χ3v) is 3.38. The van der Waals surface area contributed by atoms with Gasteiger partial charge in [-0.1, -0.05) is 0 Å². The van der Waals surface area contributed by atoms with E-state index in [9.17, 15) is 9.59 Å². The van der Waals surface area contributed by atoms with Crippen molar-refractivity contribution in [2.75, 3.05) is 19.6 Å². The highest BCUT2D eigenvalue weighted by atomic mass is 16.6. The van der Waals surface area contributed by atoms with Crippen molar-refractivity contribution < 1.29 is 19.4 Å². The molecular formula is C16H26N2O4. The molecule has 0 aromatic carbocycles. The normalized spacial score (nSPS) is 16.5. The molecule has 1 saturated heterocycles. The Morgan fingerprint density at radius 2 is 2.00 bits per heavy atom. The Labute approximate surface area is 132 Å². The summed E-state index contributed by atoms with van der Waals surface area (Å²) in [6.45, 7) is 6.81. The van der Waals surface area contributed by atoms with E-state index in [2.05, 4.69) is 11.2 Å². The lowest BCUT2D eigenvalue weighted by Gasteiger charge is -2.49. The number of nitrogens with zero attached hydrogens (tertiary/aromatic N) is 1. The Kier molecular flexibility index (Phi) is 6.24. The topological polar surface area (TPSA) is 78.9 Å². The fraction of sp³-hybridized carbons (Fsp3) is 0.750. The number of carbonyl (C=O) groups excluding carboxylic acids is 1. The van der Waals surface area contributed by atoms with Crippen molar-refractivity contribution in [1.82, 2.24) is 10.2 Å². The van der Waals surface area contributed by atoms with Crippen LogP contribution < -0.4 is 5.32 Å². The zero-order chi connectivity index (χ0) is 16.8. The zero-order valence-corrected chi connectivity index (χ0v) is 13.6. The number of amides is 1. The molecule has 0 aromatic rings. The maximum atomic E-state index is 11.9. The number of carboxylic acids is 1. The third kappa shape index (κ3) is 5.94. The minimum absolute atomic E-state index is 0.0125. The van der Waals surface area contributed by atoms with Crippen LogP contribution in [0.4, 0.5) is 4.79 Å². The number of terminal acetylenes is 1. The first-order valence-electron chi connectivity index (χ1n) is 7.56. The lowest BCUT2D eigenvalue weighted by molar-refractivity contribution is -0.141. The van der Waals surface area contributed by atoms with Crippen LogP contribution in [0, 0.1) is 12.3 Å². The van der Waals surface area contributed by atoms with Crippen molar-refractivity contribution in [2.24, 2.45) is 0 Å². The number of carboxylic acid groups (broad SMARTS) is 1. The van der Waals surface area contributed by atoms with E-state index in [1.807, 2.05) is 0 Å². The van der Waals surface area contributed by atoms with Gasteiger partial charge in [-0.2, -0.15) is 0 Å². The van der Waals surface area contributed by atoms with E-state index >= 15 is 0 Å². The van der Waals surface area contributed by atoms with Gasteiger partial charge >= 0.3 is 12.1 Å². The molecule has 1 fully saturated rings. The molecule has 1 aliphatic heterocycles. The number of aliphatic carboxylic acids is 1. The largest absolute Gasteiger partial charge is 0.481 e. The average Bonchev–Trinajstić information content (AvgIpc) is 2.31. The van der Waals surface area contributed by atoms with Gasteiger partial charge in [-0.25, -0.2) is 4.79 Å². The van der Waals surface area contributed by atoms with Crippen molar-refractivity contribution in [3.63, 3.8) is 0 Å². The SMILES string of the molecule is C#CCCCCNC1(CC(=O)O)CN(C(=O)OC(C)(C)C)C1. The summed E-state index contributed by atoms with van der Waals surface area (Å²) in [5, 5.41) is 12.3. The van der Waals surface area contributed by atoms with Crippen molar-refractivity contribution >= 4 is 12.1 Å². The molecule has 0 aliphatic carbocycles. The number of hydrogen-bond acceptors (Lipinski definition) is 4. The fourth-order valence-corrected chi connectivity index (χ4v) is 2.42. The van der Waals surface area contributed by atoms with Gasteiger partial charge in [-0.3, -0.25) is 4.79 Å². The molecule has 1 heterocycles. The molecule has 1 amide bonds. The molecule has 0 saturated carbocycles. The third-order valence-electron chi connectivity index (χ3n) is 3.38. The molecule has 22 heavy (non-hydrogen) atoms. The maximum absolute atomic E-state index is 11.9. The second-order valence-electron chi connectivity index (χ2n) is 6.78. The standard InChI is InChI=1S/C16H26N2O4/c1-5-6-7-8-9-17-16(10-13(19)20)11-18(12-16)14(21)22-15(2,3)4/h1,17H,6-12H2,2-4H3,(H,19,20). The smallest absolute Gasteiger partial charge is 0.410 e. The van der Waals surface area contributed by atoms with E-state index < -0.39 is 23.2 Å². The minimum atomic E-state index is -0.875. The number of likely N-dealkylation sites (tertiary alicyclic amines) is 1. The second kappa shape index (κ2) is 7.50. The highest BCUT2D eigenvalue weighted by Crippen LogP contribution is 2.26. The van der Waals surface area contributed by atoms with E-state index in [0.29, 0.717) is 19.6 Å². The minimum Gasteiger partial charge on any atom is -0.481 e. The summed E-state index contributed by atoms with van der Waals surface area (Å²) in [6.07, 6.45) is 7.29. The summed E-state index contributed by atoms with van der Waals surface area (Å²) >= 11 is 0. The molecule has 124 valence electrons. The van der Waals surface area contributed by atoms with Gasteiger partial charge in [0.2, 0.25) is 0 Å². The molecule has 0 atom stereocenters. The van der Waals surface area contributed by atoms with E-state index in [1.54, 1.807) is 20.8 Å². The Morgan fingerprint density at radius 3 is 2.50 bits per heavy atom. The van der Waals surface area contributed by atoms with Crippen LogP contribution in [-0.2, 0) is 9.53 Å². The summed E-state index contributed by atoms with van der Waals surface area (Å²) in [7, 11) is 0. The fourth-order valence-electron chi connectivity index (χ4n) is 2.42. The van der Waals surface area contributed by atoms with Gasteiger partial charge in [0, 0.05) is 19.5 Å². The van der Waals surface area contributed by atoms with Gasteiger partial charge in [0.15, 0.2) is 0 Å². The monoisotopic (exact) mass is 310 g/mol. The Hall–Kier alpha value is -1.74. The van der Waals surface area contributed by atoms with E-state index in [4.69, 9.17) is 16.3 Å². The van der Waals surface area contributed by atoms with Crippen LogP contribution in [0.15, 0.2) is 0 Å². The maximum Gasteiger partial charge on any atom is 0.410 e. The van der Waals surface area contributed by atoms with Crippen LogP contribution in [0.1, 0.15) is 46.5 Å². The van der Waals surface area contributed by atoms with Crippen molar-refractivity contribution in [3.05, 3.63) is 0 Å². The predicted molar refractivity (Wildman–Crippen MR) is 83.5 cm³/mol. The van der Waals surface area contributed by atoms with Crippen LogP contribution in [-0.4, -0.2) is 52.8 Å². The van der Waals surface area contributed by atoms with Gasteiger partial charge in [0.05, 0.1) is 12.0 Å². The first-order chi connectivity index (χ1) is 10.2. The molecule has 0 radical (unpaired) electrons. The summed E-state index contributed by atoms with van der Waals surface area (Å²) in [6, 6.07) is 0. The average molecular weight is 310 g/mol. The van der Waals surface area contributed by atoms with Crippen LogP contribution in [0.5, 0.6) is 0 Å². The van der Waals surface area contributed by atoms with Crippen LogP contribution in [0.25, 0.3) is 0 Å². The van der Waals surface area contributed by atoms with Crippen LogP contribution in [0.3, 0.4) is 0 Å². The van der Waals surface area contributed by atoms with Gasteiger partial charge < -0.3 is 20.1 Å². The van der Waals surface area contributed by atoms with Crippen LogP contribution in [0.2, 0.25) is 0 Å². The number of hydrogen-bond donors (Lipinski definition) is 2.